The van der Waals surface area contributed by atoms with Crippen molar-refractivity contribution in [2.24, 2.45) is 0 Å². The minimum Gasteiger partial charge on any atom is -0.444 e. The molecule has 0 spiro atoms. The van der Waals surface area contributed by atoms with Crippen molar-refractivity contribution < 1.29 is 9.53 Å². The van der Waals surface area contributed by atoms with Gasteiger partial charge in [-0.3, -0.25) is 9.88 Å². The molecule has 2 aromatic carbocycles. The lowest BCUT2D eigenvalue weighted by atomic mass is 10.2. The molecule has 0 unspecified atom stereocenters. The van der Waals surface area contributed by atoms with Gasteiger partial charge in [-0.05, 0) is 57.5 Å². The van der Waals surface area contributed by atoms with Crippen LogP contribution in [0.4, 0.5) is 9.93 Å². The van der Waals surface area contributed by atoms with Crippen molar-refractivity contribution >= 4 is 34.3 Å². The third kappa shape index (κ3) is 5.95. The molecule has 10 heteroatoms. The van der Waals surface area contributed by atoms with Gasteiger partial charge in [0.15, 0.2) is 5.13 Å². The Balaban J connectivity index is 1.43. The number of aryl methyl sites for hydroxylation is 1. The topological polar surface area (TPSA) is 91.0 Å². The van der Waals surface area contributed by atoms with Crippen LogP contribution in [0.3, 0.4) is 0 Å². The second-order valence-corrected chi connectivity index (χ2v) is 10.9. The molecule has 0 aliphatic rings. The average molecular weight is 496 g/mol. The molecule has 0 bridgehead atoms. The van der Waals surface area contributed by atoms with E-state index in [0.29, 0.717) is 17.4 Å². The predicted octanol–water partition coefficient (Wildman–Crippen LogP) is 5.35. The van der Waals surface area contributed by atoms with Crippen molar-refractivity contribution in [2.75, 3.05) is 5.32 Å². The number of nitrogens with zero attached hydrogens (tertiary/aromatic N) is 4. The van der Waals surface area contributed by atoms with Gasteiger partial charge in [0.05, 0.1) is 22.1 Å². The quantitative estimate of drug-likeness (QED) is 0.388. The van der Waals surface area contributed by atoms with E-state index in [4.69, 9.17) is 4.74 Å². The molecule has 4 aromatic rings. The molecule has 8 nitrogen and oxygen atoms in total. The summed E-state index contributed by atoms with van der Waals surface area (Å²) in [5.41, 5.74) is 1.78. The molecule has 2 aromatic heterocycles. The molecule has 1 N–H and O–H groups in total. The zero-order chi connectivity index (χ0) is 24.3. The highest BCUT2D eigenvalue weighted by Crippen LogP contribution is 2.37. The maximum absolute atomic E-state index is 12.8. The standard InChI is InChI=1S/C24H25N5O3S2/c1-16-20(34-21(26-16)27-22(30)32-24(2,3)4)33-19-12-10-18(11-13-19)29-23(31)28(15-25-29)14-17-8-6-5-7-9-17/h5-13,15H,14H2,1-4H3,(H,26,27,30). The van der Waals surface area contributed by atoms with E-state index in [1.54, 1.807) is 22.7 Å². The fourth-order valence-electron chi connectivity index (χ4n) is 3.08. The molecule has 4 rings (SSSR count). The second-order valence-electron chi connectivity index (χ2n) is 8.55. The zero-order valence-electron chi connectivity index (χ0n) is 19.3. The van der Waals surface area contributed by atoms with E-state index in [1.807, 2.05) is 82.3 Å². The van der Waals surface area contributed by atoms with E-state index in [-0.39, 0.29) is 5.69 Å². The number of benzene rings is 2. The Morgan fingerprint density at radius 2 is 1.82 bits per heavy atom. The van der Waals surface area contributed by atoms with E-state index in [9.17, 15) is 9.59 Å². The van der Waals surface area contributed by atoms with Gasteiger partial charge >= 0.3 is 11.8 Å². The number of anilines is 1. The van der Waals surface area contributed by atoms with Gasteiger partial charge in [-0.15, -0.1) is 0 Å². The van der Waals surface area contributed by atoms with E-state index in [2.05, 4.69) is 15.4 Å². The summed E-state index contributed by atoms with van der Waals surface area (Å²) in [5, 5.41) is 7.44. The highest BCUT2D eigenvalue weighted by molar-refractivity contribution is 8.01. The Bertz CT molecular complexity index is 1340. The van der Waals surface area contributed by atoms with Crippen LogP contribution in [-0.4, -0.2) is 31.0 Å². The largest absolute Gasteiger partial charge is 0.444 e. The Labute approximate surface area is 205 Å². The first-order chi connectivity index (χ1) is 16.2. The van der Waals surface area contributed by atoms with Crippen molar-refractivity contribution in [1.29, 1.82) is 0 Å². The molecule has 34 heavy (non-hydrogen) atoms. The molecule has 0 radical (unpaired) electrons. The summed E-state index contributed by atoms with van der Waals surface area (Å²) >= 11 is 2.93. The maximum Gasteiger partial charge on any atom is 0.413 e. The van der Waals surface area contributed by atoms with Crippen molar-refractivity contribution in [3.63, 3.8) is 0 Å². The minimum atomic E-state index is -0.574. The van der Waals surface area contributed by atoms with Crippen LogP contribution in [0.25, 0.3) is 5.69 Å². The highest BCUT2D eigenvalue weighted by atomic mass is 32.2. The smallest absolute Gasteiger partial charge is 0.413 e. The number of hydrogen-bond acceptors (Lipinski definition) is 7. The van der Waals surface area contributed by atoms with Crippen molar-refractivity contribution in [3.05, 3.63) is 82.7 Å². The first-order valence-corrected chi connectivity index (χ1v) is 12.3. The Morgan fingerprint density at radius 1 is 1.12 bits per heavy atom. The van der Waals surface area contributed by atoms with Crippen molar-refractivity contribution in [1.82, 2.24) is 19.3 Å². The fourth-order valence-corrected chi connectivity index (χ4v) is 5.14. The second kappa shape index (κ2) is 9.86. The third-order valence-electron chi connectivity index (χ3n) is 4.58. The number of hydrogen-bond donors (Lipinski definition) is 1. The van der Waals surface area contributed by atoms with Gasteiger partial charge in [-0.1, -0.05) is 53.4 Å². The number of rotatable bonds is 6. The number of carbonyl (C=O) groups excluding carboxylic acids is 1. The van der Waals surface area contributed by atoms with E-state index in [1.165, 1.54) is 16.0 Å². The minimum absolute atomic E-state index is 0.194. The first kappa shape index (κ1) is 23.8. The van der Waals surface area contributed by atoms with Crippen LogP contribution < -0.4 is 11.0 Å². The number of amides is 1. The molecule has 0 atom stereocenters. The molecular weight excluding hydrogens is 470 g/mol. The molecular formula is C24H25N5O3S2. The van der Waals surface area contributed by atoms with Crippen molar-refractivity contribution in [3.8, 4) is 5.69 Å². The van der Waals surface area contributed by atoms with Gasteiger partial charge in [0.2, 0.25) is 0 Å². The lowest BCUT2D eigenvalue weighted by Crippen LogP contribution is -2.27. The van der Waals surface area contributed by atoms with Crippen LogP contribution in [0, 0.1) is 6.92 Å². The van der Waals surface area contributed by atoms with Crippen LogP contribution in [-0.2, 0) is 11.3 Å². The summed E-state index contributed by atoms with van der Waals surface area (Å²) < 4.78 is 9.21. The Morgan fingerprint density at radius 3 is 2.50 bits per heavy atom. The Kier molecular flexibility index (Phi) is 6.90. The van der Waals surface area contributed by atoms with Crippen LogP contribution in [0.5, 0.6) is 0 Å². The number of carbonyl (C=O) groups is 1. The molecule has 176 valence electrons. The summed E-state index contributed by atoms with van der Waals surface area (Å²) in [4.78, 5) is 30.2. The number of aromatic nitrogens is 4. The van der Waals surface area contributed by atoms with Gasteiger partial charge in [0, 0.05) is 4.90 Å². The van der Waals surface area contributed by atoms with Crippen LogP contribution in [0.15, 0.2) is 74.8 Å². The van der Waals surface area contributed by atoms with E-state index >= 15 is 0 Å². The van der Waals surface area contributed by atoms with Gasteiger partial charge in [0.1, 0.15) is 11.9 Å². The van der Waals surface area contributed by atoms with Gasteiger partial charge < -0.3 is 4.74 Å². The molecule has 0 fully saturated rings. The SMILES string of the molecule is Cc1nc(NC(=O)OC(C)(C)C)sc1Sc1ccc(-n2ncn(Cc3ccccc3)c2=O)cc1. The number of ether oxygens (including phenoxy) is 1. The normalized spacial score (nSPS) is 11.4. The highest BCUT2D eigenvalue weighted by Gasteiger charge is 2.18. The lowest BCUT2D eigenvalue weighted by Gasteiger charge is -2.18. The van der Waals surface area contributed by atoms with Crippen LogP contribution >= 0.6 is 23.1 Å². The fraction of sp³-hybridized carbons (Fsp3) is 0.250. The van der Waals surface area contributed by atoms with Crippen molar-refractivity contribution in [2.45, 2.75) is 48.9 Å². The van der Waals surface area contributed by atoms with Crippen LogP contribution in [0.1, 0.15) is 32.0 Å². The summed E-state index contributed by atoms with van der Waals surface area (Å²) in [5.74, 6) is 0. The molecule has 0 aliphatic carbocycles. The molecule has 0 saturated heterocycles. The molecule has 0 saturated carbocycles. The summed E-state index contributed by atoms with van der Waals surface area (Å²) in [6.07, 6.45) is 1.03. The zero-order valence-corrected chi connectivity index (χ0v) is 20.9. The first-order valence-electron chi connectivity index (χ1n) is 10.6. The van der Waals surface area contributed by atoms with Gasteiger partial charge in [0.25, 0.3) is 0 Å². The monoisotopic (exact) mass is 495 g/mol. The molecule has 1 amide bonds. The predicted molar refractivity (Wildman–Crippen MR) is 134 cm³/mol. The van der Waals surface area contributed by atoms with Gasteiger partial charge in [-0.2, -0.15) is 9.78 Å². The summed E-state index contributed by atoms with van der Waals surface area (Å²) in [6.45, 7) is 7.80. The van der Waals surface area contributed by atoms with E-state index in [0.717, 1.165) is 20.4 Å². The maximum atomic E-state index is 12.8. The Hall–Kier alpha value is -3.37. The molecule has 2 heterocycles. The number of nitrogens with one attached hydrogen (secondary N) is 1. The van der Waals surface area contributed by atoms with Gasteiger partial charge in [-0.25, -0.2) is 14.6 Å². The third-order valence-corrected chi connectivity index (χ3v) is 6.94. The van der Waals surface area contributed by atoms with E-state index < -0.39 is 11.7 Å². The number of thiazole rings is 1. The molecule has 0 aliphatic heterocycles. The summed E-state index contributed by atoms with van der Waals surface area (Å²) in [6, 6.07) is 17.4. The van der Waals surface area contributed by atoms with Crippen LogP contribution in [0.2, 0.25) is 0 Å². The summed E-state index contributed by atoms with van der Waals surface area (Å²) in [7, 11) is 0. The average Bonchev–Trinajstić information content (AvgIpc) is 3.30. The lowest BCUT2D eigenvalue weighted by molar-refractivity contribution is 0.0636.